The van der Waals surface area contributed by atoms with E-state index in [1.807, 2.05) is 18.4 Å². The molecule has 2 rings (SSSR count). The number of likely N-dealkylation sites (tertiary alicyclic amines) is 1. The van der Waals surface area contributed by atoms with Crippen LogP contribution in [0.5, 0.6) is 5.75 Å². The van der Waals surface area contributed by atoms with Gasteiger partial charge in [-0.1, -0.05) is 18.6 Å². The Morgan fingerprint density at radius 2 is 2.16 bits per heavy atom. The van der Waals surface area contributed by atoms with Crippen molar-refractivity contribution in [3.8, 4) is 5.75 Å². The Labute approximate surface area is 153 Å². The van der Waals surface area contributed by atoms with Crippen LogP contribution in [0, 0.1) is 10.1 Å². The van der Waals surface area contributed by atoms with Gasteiger partial charge in [-0.15, -0.1) is 11.8 Å². The molecule has 138 valence electrons. The van der Waals surface area contributed by atoms with Crippen LogP contribution in [-0.2, 0) is 6.54 Å². The zero-order valence-corrected chi connectivity index (χ0v) is 15.7. The Balaban J connectivity index is 1.72. The van der Waals surface area contributed by atoms with Crippen molar-refractivity contribution >= 4 is 16.8 Å². The number of rotatable bonds is 9. The van der Waals surface area contributed by atoms with Gasteiger partial charge in [0.15, 0.2) is 0 Å². The summed E-state index contributed by atoms with van der Waals surface area (Å²) >= 11 is 1.33. The second kappa shape index (κ2) is 11.1. The Morgan fingerprint density at radius 3 is 2.88 bits per heavy atom. The fourth-order valence-corrected chi connectivity index (χ4v) is 3.31. The first-order valence-electron chi connectivity index (χ1n) is 8.80. The summed E-state index contributed by atoms with van der Waals surface area (Å²) in [6, 6.07) is 8.27. The normalized spacial score (nSPS) is 16.0. The van der Waals surface area contributed by atoms with Crippen molar-refractivity contribution in [3.05, 3.63) is 39.9 Å². The number of hydrogen-bond donors (Lipinski definition) is 0. The quantitative estimate of drug-likeness (QED) is 0.220. The summed E-state index contributed by atoms with van der Waals surface area (Å²) in [5.41, 5.74) is 1.29. The number of thioether (sulfide) groups is 1. The third-order valence-corrected chi connectivity index (χ3v) is 4.84. The number of hydrogen-bond acceptors (Lipinski definition) is 6. The van der Waals surface area contributed by atoms with Crippen LogP contribution in [0.25, 0.3) is 0 Å². The molecule has 0 bridgehead atoms. The lowest BCUT2D eigenvalue weighted by Gasteiger charge is -2.26. The van der Waals surface area contributed by atoms with Crippen LogP contribution < -0.4 is 4.74 Å². The first-order chi connectivity index (χ1) is 12.2. The molecule has 1 aliphatic heterocycles. The van der Waals surface area contributed by atoms with Gasteiger partial charge in [-0.25, -0.2) is 0 Å². The maximum Gasteiger partial charge on any atom is 0.250 e. The van der Waals surface area contributed by atoms with Crippen molar-refractivity contribution < 1.29 is 9.66 Å². The molecule has 7 heteroatoms. The Kier molecular flexibility index (Phi) is 8.76. The van der Waals surface area contributed by atoms with Gasteiger partial charge in [0, 0.05) is 24.4 Å². The van der Waals surface area contributed by atoms with Gasteiger partial charge in [-0.3, -0.25) is 20.0 Å². The predicted octanol–water partition coefficient (Wildman–Crippen LogP) is 3.48. The summed E-state index contributed by atoms with van der Waals surface area (Å²) in [5, 5.41) is 11.1. The smallest absolute Gasteiger partial charge is 0.250 e. The third kappa shape index (κ3) is 7.88. The van der Waals surface area contributed by atoms with Crippen LogP contribution >= 0.6 is 11.8 Å². The van der Waals surface area contributed by atoms with E-state index < -0.39 is 0 Å². The van der Waals surface area contributed by atoms with Crippen LogP contribution in [0.4, 0.5) is 0 Å². The lowest BCUT2D eigenvalue weighted by Crippen LogP contribution is -2.29. The first-order valence-corrected chi connectivity index (χ1v) is 10.0. The average Bonchev–Trinajstić information content (AvgIpc) is 2.61. The Morgan fingerprint density at radius 1 is 1.36 bits per heavy atom. The van der Waals surface area contributed by atoms with Gasteiger partial charge in [0.2, 0.25) is 0 Å². The van der Waals surface area contributed by atoms with Crippen LogP contribution in [0.15, 0.2) is 29.3 Å². The summed E-state index contributed by atoms with van der Waals surface area (Å²) in [5.74, 6) is 0.883. The summed E-state index contributed by atoms with van der Waals surface area (Å²) in [6.45, 7) is 4.28. The van der Waals surface area contributed by atoms with Crippen LogP contribution in [0.1, 0.15) is 31.2 Å². The van der Waals surface area contributed by atoms with Crippen molar-refractivity contribution in [1.29, 1.82) is 0 Å². The molecule has 1 fully saturated rings. The molecule has 0 unspecified atom stereocenters. The van der Waals surface area contributed by atoms with Gasteiger partial charge < -0.3 is 4.74 Å². The maximum absolute atomic E-state index is 10.5. The molecule has 1 saturated heterocycles. The molecule has 0 saturated carbocycles. The summed E-state index contributed by atoms with van der Waals surface area (Å²) in [4.78, 5) is 16.9. The topological polar surface area (TPSA) is 68.0 Å². The number of nitro groups is 1. The highest BCUT2D eigenvalue weighted by Gasteiger charge is 2.10. The second-order valence-electron chi connectivity index (χ2n) is 6.16. The van der Waals surface area contributed by atoms with E-state index in [0.29, 0.717) is 18.2 Å². The lowest BCUT2D eigenvalue weighted by molar-refractivity contribution is -0.462. The molecule has 0 N–H and O–H groups in total. The molecule has 0 aromatic heterocycles. The fraction of sp³-hybridized carbons (Fsp3) is 0.611. The van der Waals surface area contributed by atoms with Crippen molar-refractivity contribution in [2.24, 2.45) is 4.99 Å². The van der Waals surface area contributed by atoms with Crippen LogP contribution in [-0.4, -0.2) is 53.9 Å². The molecule has 1 aliphatic rings. The average molecular weight is 365 g/mol. The van der Waals surface area contributed by atoms with E-state index in [4.69, 9.17) is 4.74 Å². The van der Waals surface area contributed by atoms with Gasteiger partial charge in [0.1, 0.15) is 10.8 Å². The molecular weight excluding hydrogens is 338 g/mol. The summed E-state index contributed by atoms with van der Waals surface area (Å²) in [7, 11) is 0. The zero-order chi connectivity index (χ0) is 17.9. The minimum absolute atomic E-state index is 0.194. The van der Waals surface area contributed by atoms with Gasteiger partial charge in [0.25, 0.3) is 6.54 Å². The predicted molar refractivity (Wildman–Crippen MR) is 103 cm³/mol. The molecule has 1 aromatic rings. The van der Waals surface area contributed by atoms with Crippen molar-refractivity contribution in [2.45, 2.75) is 32.2 Å². The van der Waals surface area contributed by atoms with E-state index in [2.05, 4.69) is 22.0 Å². The van der Waals surface area contributed by atoms with Crippen molar-refractivity contribution in [3.63, 3.8) is 0 Å². The van der Waals surface area contributed by atoms with Crippen LogP contribution in [0.3, 0.4) is 0 Å². The number of benzene rings is 1. The molecule has 1 heterocycles. The SMILES string of the molecule is CSC(C[N+](=O)[O-])=NCCCOc1cccc(CN2CCCCC2)c1. The minimum atomic E-state index is -0.348. The number of aliphatic imine (C=N–C) groups is 1. The van der Waals surface area contributed by atoms with Gasteiger partial charge in [-0.05, 0) is 49.9 Å². The van der Waals surface area contributed by atoms with E-state index in [1.165, 1.54) is 49.7 Å². The monoisotopic (exact) mass is 365 g/mol. The standard InChI is InChI=1S/C18H27N3O3S/c1-25-18(15-21(22)23)19-9-6-12-24-17-8-5-7-16(13-17)14-20-10-3-2-4-11-20/h5,7-8,13H,2-4,6,9-12,14-15H2,1H3. The number of nitrogens with zero attached hydrogens (tertiary/aromatic N) is 3. The highest BCUT2D eigenvalue weighted by Crippen LogP contribution is 2.17. The van der Waals surface area contributed by atoms with E-state index in [-0.39, 0.29) is 11.5 Å². The first kappa shape index (κ1) is 19.7. The van der Waals surface area contributed by atoms with E-state index in [1.54, 1.807) is 0 Å². The lowest BCUT2D eigenvalue weighted by atomic mass is 10.1. The van der Waals surface area contributed by atoms with Crippen molar-refractivity contribution in [2.75, 3.05) is 39.0 Å². The highest BCUT2D eigenvalue weighted by molar-refractivity contribution is 8.13. The molecule has 6 nitrogen and oxygen atoms in total. The summed E-state index contributed by atoms with van der Waals surface area (Å²) < 4.78 is 5.80. The molecule has 25 heavy (non-hydrogen) atoms. The van der Waals surface area contributed by atoms with E-state index in [0.717, 1.165) is 18.7 Å². The second-order valence-corrected chi connectivity index (χ2v) is 7.04. The van der Waals surface area contributed by atoms with E-state index in [9.17, 15) is 10.1 Å². The molecule has 0 radical (unpaired) electrons. The van der Waals surface area contributed by atoms with Gasteiger partial charge in [-0.2, -0.15) is 0 Å². The molecular formula is C18H27N3O3S. The Bertz CT molecular complexity index is 574. The Hall–Kier alpha value is -1.60. The molecule has 0 spiro atoms. The largest absolute Gasteiger partial charge is 0.494 e. The molecule has 1 aromatic carbocycles. The summed E-state index contributed by atoms with van der Waals surface area (Å²) in [6.07, 6.45) is 6.50. The third-order valence-electron chi connectivity index (χ3n) is 4.11. The molecule has 0 aliphatic carbocycles. The molecule has 0 amide bonds. The van der Waals surface area contributed by atoms with Gasteiger partial charge >= 0.3 is 0 Å². The number of piperidine rings is 1. The number of ether oxygens (including phenoxy) is 1. The van der Waals surface area contributed by atoms with Crippen LogP contribution in [0.2, 0.25) is 0 Å². The van der Waals surface area contributed by atoms with Gasteiger partial charge in [0.05, 0.1) is 6.61 Å². The fourth-order valence-electron chi connectivity index (χ4n) is 2.86. The van der Waals surface area contributed by atoms with Crippen molar-refractivity contribution in [1.82, 2.24) is 4.90 Å². The highest BCUT2D eigenvalue weighted by atomic mass is 32.2. The minimum Gasteiger partial charge on any atom is -0.494 e. The van der Waals surface area contributed by atoms with E-state index >= 15 is 0 Å². The zero-order valence-electron chi connectivity index (χ0n) is 14.9. The maximum atomic E-state index is 10.5. The molecule has 0 atom stereocenters.